The Bertz CT molecular complexity index is 221. The van der Waals surface area contributed by atoms with Crippen molar-refractivity contribution in [1.82, 2.24) is 0 Å². The van der Waals surface area contributed by atoms with E-state index in [-0.39, 0.29) is 5.97 Å². The Labute approximate surface area is 121 Å². The number of hydrogen-bond donors (Lipinski definition) is 0. The first-order chi connectivity index (χ1) is 8.95. The van der Waals surface area contributed by atoms with Crippen molar-refractivity contribution in [1.29, 1.82) is 0 Å². The number of esters is 1. The second-order valence-electron chi connectivity index (χ2n) is 6.80. The molecule has 0 heterocycles. The summed E-state index contributed by atoms with van der Waals surface area (Å²) < 4.78 is 5.30. The van der Waals surface area contributed by atoms with Crippen LogP contribution in [-0.2, 0) is 9.53 Å². The summed E-state index contributed by atoms with van der Waals surface area (Å²) in [6.07, 6.45) is 12.9. The first-order valence-corrected chi connectivity index (χ1v) is 11.8. The van der Waals surface area contributed by atoms with E-state index in [9.17, 15) is 4.79 Å². The number of unbranched alkanes of at least 4 members (excludes halogenated alkanes) is 8. The van der Waals surface area contributed by atoms with Crippen molar-refractivity contribution in [2.75, 3.05) is 6.23 Å². The van der Waals surface area contributed by atoms with Crippen LogP contribution in [0.5, 0.6) is 0 Å². The summed E-state index contributed by atoms with van der Waals surface area (Å²) in [5.41, 5.74) is 0. The van der Waals surface area contributed by atoms with E-state index in [0.717, 1.165) is 6.42 Å². The van der Waals surface area contributed by atoms with Crippen molar-refractivity contribution in [2.45, 2.75) is 90.8 Å². The molecule has 2 nitrogen and oxygen atoms in total. The summed E-state index contributed by atoms with van der Waals surface area (Å²) in [6.45, 7) is 8.91. The van der Waals surface area contributed by atoms with Crippen LogP contribution in [0.15, 0.2) is 0 Å². The number of carbonyl (C=O) groups is 1. The molecule has 0 atom stereocenters. The molecule has 0 aromatic heterocycles. The predicted octanol–water partition coefficient (Wildman–Crippen LogP) is 5.33. The van der Waals surface area contributed by atoms with Crippen LogP contribution in [0, 0.1) is 0 Å². The summed E-state index contributed by atoms with van der Waals surface area (Å²) in [7, 11) is -1.24. The molecule has 0 aromatic carbocycles. The quantitative estimate of drug-likeness (QED) is 0.275. The largest absolute Gasteiger partial charge is 0.469 e. The molecule has 0 spiro atoms. The lowest BCUT2D eigenvalue weighted by atomic mass is 10.1. The molecule has 0 saturated carbocycles. The molecule has 0 fully saturated rings. The van der Waals surface area contributed by atoms with Gasteiger partial charge in [-0.15, -0.1) is 0 Å². The second kappa shape index (κ2) is 11.5. The number of hydrogen-bond acceptors (Lipinski definition) is 2. The van der Waals surface area contributed by atoms with Crippen LogP contribution in [0.4, 0.5) is 0 Å². The molecular formula is C16H34O2Si. The van der Waals surface area contributed by atoms with Gasteiger partial charge in [0.15, 0.2) is 0 Å². The minimum absolute atomic E-state index is 0.00497. The van der Waals surface area contributed by atoms with E-state index in [2.05, 4.69) is 26.6 Å². The Morgan fingerprint density at radius 2 is 1.32 bits per heavy atom. The van der Waals surface area contributed by atoms with Crippen molar-refractivity contribution in [3.05, 3.63) is 0 Å². The number of rotatable bonds is 12. The summed E-state index contributed by atoms with van der Waals surface area (Å²) in [5.74, 6) is 0.00497. The molecule has 0 N–H and O–H groups in total. The lowest BCUT2D eigenvalue weighted by Crippen LogP contribution is -2.29. The van der Waals surface area contributed by atoms with Crippen molar-refractivity contribution >= 4 is 14.0 Å². The van der Waals surface area contributed by atoms with Gasteiger partial charge in [0.2, 0.25) is 0 Å². The van der Waals surface area contributed by atoms with Gasteiger partial charge in [-0.3, -0.25) is 4.79 Å². The Morgan fingerprint density at radius 1 is 0.842 bits per heavy atom. The Hall–Kier alpha value is -0.313. The number of carbonyl (C=O) groups excluding carboxylic acids is 1. The van der Waals surface area contributed by atoms with Crippen molar-refractivity contribution in [3.8, 4) is 0 Å². The van der Waals surface area contributed by atoms with Crippen LogP contribution in [0.2, 0.25) is 19.6 Å². The third kappa shape index (κ3) is 15.6. The van der Waals surface area contributed by atoms with Gasteiger partial charge in [-0.1, -0.05) is 77.9 Å². The predicted molar refractivity (Wildman–Crippen MR) is 86.1 cm³/mol. The molecule has 19 heavy (non-hydrogen) atoms. The van der Waals surface area contributed by atoms with E-state index >= 15 is 0 Å². The average molecular weight is 287 g/mol. The fraction of sp³-hybridized carbons (Fsp3) is 0.938. The molecule has 0 saturated heterocycles. The smallest absolute Gasteiger partial charge is 0.305 e. The van der Waals surface area contributed by atoms with Gasteiger partial charge >= 0.3 is 5.97 Å². The van der Waals surface area contributed by atoms with E-state index in [1.165, 1.54) is 51.4 Å². The van der Waals surface area contributed by atoms with Crippen molar-refractivity contribution in [2.24, 2.45) is 0 Å². The van der Waals surface area contributed by atoms with Crippen LogP contribution in [-0.4, -0.2) is 20.3 Å². The Morgan fingerprint density at radius 3 is 1.79 bits per heavy atom. The molecule has 0 aliphatic heterocycles. The fourth-order valence-electron chi connectivity index (χ4n) is 1.95. The maximum Gasteiger partial charge on any atom is 0.305 e. The van der Waals surface area contributed by atoms with Crippen LogP contribution < -0.4 is 0 Å². The highest BCUT2D eigenvalue weighted by Gasteiger charge is 2.15. The summed E-state index contributed by atoms with van der Waals surface area (Å²) >= 11 is 0. The van der Waals surface area contributed by atoms with Gasteiger partial charge in [-0.2, -0.15) is 0 Å². The molecule has 0 bridgehead atoms. The highest BCUT2D eigenvalue weighted by atomic mass is 28.3. The SMILES string of the molecule is CCCCCCCCCCCC(=O)OC[Si](C)(C)C. The van der Waals surface area contributed by atoms with E-state index in [1.54, 1.807) is 0 Å². The Kier molecular flexibility index (Phi) is 11.3. The molecule has 0 radical (unpaired) electrons. The molecule has 0 aliphatic rings. The highest BCUT2D eigenvalue weighted by molar-refractivity contribution is 6.76. The molecule has 0 unspecified atom stereocenters. The van der Waals surface area contributed by atoms with E-state index in [0.29, 0.717) is 12.7 Å². The van der Waals surface area contributed by atoms with Crippen molar-refractivity contribution < 1.29 is 9.53 Å². The van der Waals surface area contributed by atoms with E-state index in [1.807, 2.05) is 0 Å². The van der Waals surface area contributed by atoms with Gasteiger partial charge in [-0.05, 0) is 6.42 Å². The lowest BCUT2D eigenvalue weighted by Gasteiger charge is -2.15. The molecule has 0 rings (SSSR count). The topological polar surface area (TPSA) is 26.3 Å². The molecule has 0 aromatic rings. The lowest BCUT2D eigenvalue weighted by molar-refractivity contribution is -0.142. The monoisotopic (exact) mass is 286 g/mol. The third-order valence-electron chi connectivity index (χ3n) is 3.15. The summed E-state index contributed by atoms with van der Waals surface area (Å²) in [4.78, 5) is 11.5. The summed E-state index contributed by atoms with van der Waals surface area (Å²) in [5, 5.41) is 0. The van der Waals surface area contributed by atoms with Crippen molar-refractivity contribution in [3.63, 3.8) is 0 Å². The van der Waals surface area contributed by atoms with Gasteiger partial charge in [0.1, 0.15) is 0 Å². The minimum Gasteiger partial charge on any atom is -0.469 e. The second-order valence-corrected chi connectivity index (χ2v) is 12.2. The standard InChI is InChI=1S/C16H34O2Si/c1-5-6-7-8-9-10-11-12-13-14-16(17)18-15-19(2,3)4/h5-15H2,1-4H3. The number of ether oxygens (including phenoxy) is 1. The van der Waals surface area contributed by atoms with Crippen LogP contribution in [0.1, 0.15) is 71.1 Å². The van der Waals surface area contributed by atoms with E-state index in [4.69, 9.17) is 4.74 Å². The molecule has 3 heteroatoms. The molecular weight excluding hydrogens is 252 g/mol. The maximum absolute atomic E-state index is 11.5. The van der Waals surface area contributed by atoms with Gasteiger partial charge in [0.05, 0.1) is 14.3 Å². The van der Waals surface area contributed by atoms with Crippen LogP contribution in [0.25, 0.3) is 0 Å². The highest BCUT2D eigenvalue weighted by Crippen LogP contribution is 2.11. The van der Waals surface area contributed by atoms with Crippen LogP contribution >= 0.6 is 0 Å². The van der Waals surface area contributed by atoms with Gasteiger partial charge < -0.3 is 4.74 Å². The van der Waals surface area contributed by atoms with Crippen LogP contribution in [0.3, 0.4) is 0 Å². The zero-order valence-electron chi connectivity index (χ0n) is 13.6. The molecule has 0 amide bonds. The van der Waals surface area contributed by atoms with Gasteiger partial charge in [0.25, 0.3) is 0 Å². The van der Waals surface area contributed by atoms with Gasteiger partial charge in [-0.25, -0.2) is 0 Å². The fourth-order valence-corrected chi connectivity index (χ4v) is 2.54. The molecule has 0 aliphatic carbocycles. The summed E-state index contributed by atoms with van der Waals surface area (Å²) in [6, 6.07) is 0. The normalized spacial score (nSPS) is 11.6. The first kappa shape index (κ1) is 18.7. The van der Waals surface area contributed by atoms with E-state index < -0.39 is 8.07 Å². The molecule has 114 valence electrons. The van der Waals surface area contributed by atoms with Gasteiger partial charge in [0, 0.05) is 6.42 Å². The third-order valence-corrected chi connectivity index (χ3v) is 4.16. The average Bonchev–Trinajstić information content (AvgIpc) is 2.33. The first-order valence-electron chi connectivity index (χ1n) is 8.11. The maximum atomic E-state index is 11.5. The Balaban J connectivity index is 3.23. The minimum atomic E-state index is -1.24. The zero-order valence-corrected chi connectivity index (χ0v) is 14.6. The zero-order chi connectivity index (χ0) is 14.6.